The highest BCUT2D eigenvalue weighted by molar-refractivity contribution is 7.99. The number of anilines is 3. The van der Waals surface area contributed by atoms with Crippen molar-refractivity contribution >= 4 is 46.1 Å². The number of nitrogens with one attached hydrogen (secondary N) is 1. The van der Waals surface area contributed by atoms with Crippen molar-refractivity contribution in [2.24, 2.45) is 0 Å². The Hall–Kier alpha value is -2.97. The van der Waals surface area contributed by atoms with E-state index in [-0.39, 0.29) is 5.91 Å². The van der Waals surface area contributed by atoms with Crippen LogP contribution in [-0.4, -0.2) is 128 Å². The maximum absolute atomic E-state index is 13.4. The van der Waals surface area contributed by atoms with Gasteiger partial charge in [-0.3, -0.25) is 14.6 Å². The maximum Gasteiger partial charge on any atom is 0.258 e. The highest BCUT2D eigenvalue weighted by Gasteiger charge is 2.26. The lowest BCUT2D eigenvalue weighted by molar-refractivity contribution is -0.117. The molecule has 13 heteroatoms. The van der Waals surface area contributed by atoms with Gasteiger partial charge in [0.2, 0.25) is 5.91 Å². The minimum atomic E-state index is -0.00625. The standard InChI is InChI=1S/C28H38N8O4S/c1-21-19-22(35-9-14-38-15-10-35)25(27(30-21)36-11-16-39-17-12-36)31-24(37)20-34-7-5-33(6-8-34)13-18-41-28-32-26-23(40-28)3-2-4-29-26/h2-4,19H,5-18,20H2,1H3,(H,31,37). The quantitative estimate of drug-likeness (QED) is 0.372. The van der Waals surface area contributed by atoms with Crippen molar-refractivity contribution in [1.29, 1.82) is 0 Å². The molecule has 0 saturated carbocycles. The number of pyridine rings is 2. The van der Waals surface area contributed by atoms with E-state index in [1.165, 1.54) is 0 Å². The fourth-order valence-electron chi connectivity index (χ4n) is 5.44. The second kappa shape index (κ2) is 13.3. The van der Waals surface area contributed by atoms with E-state index < -0.39 is 0 Å². The van der Waals surface area contributed by atoms with Gasteiger partial charge in [0, 0.05) is 76.5 Å². The first-order chi connectivity index (χ1) is 20.1. The van der Waals surface area contributed by atoms with Gasteiger partial charge in [0.1, 0.15) is 5.69 Å². The molecule has 12 nitrogen and oxygen atoms in total. The molecule has 41 heavy (non-hydrogen) atoms. The molecule has 3 saturated heterocycles. The number of fused-ring (bicyclic) bond motifs is 1. The third-order valence-electron chi connectivity index (χ3n) is 7.64. The normalized spacial score (nSPS) is 19.1. The predicted molar refractivity (Wildman–Crippen MR) is 159 cm³/mol. The van der Waals surface area contributed by atoms with Crippen LogP contribution >= 0.6 is 11.8 Å². The van der Waals surface area contributed by atoms with Gasteiger partial charge >= 0.3 is 0 Å². The molecule has 3 aromatic heterocycles. The second-order valence-corrected chi connectivity index (χ2v) is 11.5. The highest BCUT2D eigenvalue weighted by atomic mass is 32.2. The molecule has 0 unspecified atom stereocenters. The lowest BCUT2D eigenvalue weighted by atomic mass is 10.2. The molecule has 3 fully saturated rings. The van der Waals surface area contributed by atoms with Crippen molar-refractivity contribution in [2.45, 2.75) is 12.1 Å². The van der Waals surface area contributed by atoms with Gasteiger partial charge < -0.3 is 29.0 Å². The molecule has 0 radical (unpaired) electrons. The summed E-state index contributed by atoms with van der Waals surface area (Å²) >= 11 is 1.61. The third-order valence-corrected chi connectivity index (χ3v) is 8.45. The number of carbonyl (C=O) groups is 1. The summed E-state index contributed by atoms with van der Waals surface area (Å²) in [5.41, 5.74) is 4.13. The molecule has 3 aromatic rings. The zero-order valence-corrected chi connectivity index (χ0v) is 24.4. The summed E-state index contributed by atoms with van der Waals surface area (Å²) < 4.78 is 16.9. The second-order valence-electron chi connectivity index (χ2n) is 10.5. The number of hydrogen-bond donors (Lipinski definition) is 1. The SMILES string of the molecule is Cc1cc(N2CCOCC2)c(NC(=O)CN2CCN(CCSc3nc4ncccc4o3)CC2)c(N2CCOCC2)n1. The van der Waals surface area contributed by atoms with Crippen LogP contribution in [0.5, 0.6) is 0 Å². The molecule has 6 rings (SSSR count). The number of oxazole rings is 1. The van der Waals surface area contributed by atoms with Gasteiger partial charge in [0.15, 0.2) is 17.0 Å². The molecule has 3 aliphatic rings. The number of carbonyl (C=O) groups excluding carboxylic acids is 1. The average Bonchev–Trinajstić information content (AvgIpc) is 3.42. The molecule has 0 aromatic carbocycles. The zero-order chi connectivity index (χ0) is 28.0. The minimum absolute atomic E-state index is 0.00625. The van der Waals surface area contributed by atoms with Gasteiger partial charge in [0.05, 0.1) is 38.7 Å². The van der Waals surface area contributed by atoms with Crippen molar-refractivity contribution in [2.75, 3.05) is 113 Å². The molecule has 0 atom stereocenters. The third kappa shape index (κ3) is 7.09. The Bertz CT molecular complexity index is 1250. The van der Waals surface area contributed by atoms with Gasteiger partial charge in [-0.1, -0.05) is 11.8 Å². The maximum atomic E-state index is 13.4. The van der Waals surface area contributed by atoms with Gasteiger partial charge in [-0.2, -0.15) is 4.98 Å². The van der Waals surface area contributed by atoms with Crippen LogP contribution in [0.4, 0.5) is 17.2 Å². The summed E-state index contributed by atoms with van der Waals surface area (Å²) in [7, 11) is 0. The fraction of sp³-hybridized carbons (Fsp3) is 0.571. The Morgan fingerprint density at radius 2 is 1.66 bits per heavy atom. The van der Waals surface area contributed by atoms with Crippen molar-refractivity contribution in [3.63, 3.8) is 0 Å². The Labute approximate surface area is 244 Å². The van der Waals surface area contributed by atoms with Crippen LogP contribution in [0.25, 0.3) is 11.2 Å². The van der Waals surface area contributed by atoms with E-state index in [2.05, 4.69) is 41.0 Å². The van der Waals surface area contributed by atoms with Crippen LogP contribution in [0.15, 0.2) is 34.0 Å². The number of hydrogen-bond acceptors (Lipinski definition) is 12. The molecule has 1 N–H and O–H groups in total. The first kappa shape index (κ1) is 28.2. The highest BCUT2D eigenvalue weighted by Crippen LogP contribution is 2.36. The van der Waals surface area contributed by atoms with Gasteiger partial charge in [-0.15, -0.1) is 0 Å². The molecule has 6 heterocycles. The number of nitrogens with zero attached hydrogens (tertiary/aromatic N) is 7. The van der Waals surface area contributed by atoms with Crippen molar-refractivity contribution < 1.29 is 18.7 Å². The smallest absolute Gasteiger partial charge is 0.258 e. The number of thioether (sulfide) groups is 1. The number of ether oxygens (including phenoxy) is 2. The summed E-state index contributed by atoms with van der Waals surface area (Å²) in [6, 6.07) is 5.82. The lowest BCUT2D eigenvalue weighted by Crippen LogP contribution is -2.49. The van der Waals surface area contributed by atoms with E-state index in [1.54, 1.807) is 18.0 Å². The Morgan fingerprint density at radius 1 is 0.951 bits per heavy atom. The van der Waals surface area contributed by atoms with Crippen LogP contribution in [0.3, 0.4) is 0 Å². The van der Waals surface area contributed by atoms with Crippen molar-refractivity contribution in [1.82, 2.24) is 24.8 Å². The number of amides is 1. The summed E-state index contributed by atoms with van der Waals surface area (Å²) in [5, 5.41) is 3.94. The van der Waals surface area contributed by atoms with E-state index in [0.717, 1.165) is 93.1 Å². The molecule has 1 amide bonds. The number of rotatable bonds is 9. The molecule has 0 spiro atoms. The van der Waals surface area contributed by atoms with E-state index in [0.29, 0.717) is 43.8 Å². The van der Waals surface area contributed by atoms with E-state index in [4.69, 9.17) is 18.9 Å². The fourth-order valence-corrected chi connectivity index (χ4v) is 6.27. The largest absolute Gasteiger partial charge is 0.430 e. The van der Waals surface area contributed by atoms with Crippen molar-refractivity contribution in [3.8, 4) is 0 Å². The van der Waals surface area contributed by atoms with Crippen molar-refractivity contribution in [3.05, 3.63) is 30.1 Å². The van der Waals surface area contributed by atoms with Gasteiger partial charge in [-0.25, -0.2) is 9.97 Å². The number of aromatic nitrogens is 3. The monoisotopic (exact) mass is 582 g/mol. The van der Waals surface area contributed by atoms with E-state index in [9.17, 15) is 4.79 Å². The van der Waals surface area contributed by atoms with E-state index >= 15 is 0 Å². The number of morpholine rings is 2. The van der Waals surface area contributed by atoms with E-state index in [1.807, 2.05) is 19.1 Å². The Balaban J connectivity index is 1.04. The molecule has 0 bridgehead atoms. The summed E-state index contributed by atoms with van der Waals surface area (Å²) in [5.74, 6) is 1.72. The van der Waals surface area contributed by atoms with Crippen LogP contribution < -0.4 is 15.1 Å². The first-order valence-corrected chi connectivity index (χ1v) is 15.4. The lowest BCUT2D eigenvalue weighted by Gasteiger charge is -2.36. The molecule has 220 valence electrons. The molecular formula is C28H38N8O4S. The van der Waals surface area contributed by atoms with Crippen LogP contribution in [0, 0.1) is 6.92 Å². The van der Waals surface area contributed by atoms with Crippen LogP contribution in [0.1, 0.15) is 5.69 Å². The molecular weight excluding hydrogens is 544 g/mol. The first-order valence-electron chi connectivity index (χ1n) is 14.4. The van der Waals surface area contributed by atoms with Gasteiger partial charge in [-0.05, 0) is 25.1 Å². The van der Waals surface area contributed by atoms with Gasteiger partial charge in [0.25, 0.3) is 5.22 Å². The average molecular weight is 583 g/mol. The Morgan fingerprint density at radius 3 is 2.39 bits per heavy atom. The minimum Gasteiger partial charge on any atom is -0.430 e. The molecule has 3 aliphatic heterocycles. The Kier molecular flexibility index (Phi) is 9.16. The summed E-state index contributed by atoms with van der Waals surface area (Å²) in [6.07, 6.45) is 1.73. The summed E-state index contributed by atoms with van der Waals surface area (Å²) in [6.45, 7) is 12.6. The topological polar surface area (TPSA) is 112 Å². The molecule has 0 aliphatic carbocycles. The predicted octanol–water partition coefficient (Wildman–Crippen LogP) is 1.95. The number of piperazine rings is 1. The number of aryl methyl sites for hydroxylation is 1. The van der Waals surface area contributed by atoms with Crippen LogP contribution in [0.2, 0.25) is 0 Å². The zero-order valence-electron chi connectivity index (χ0n) is 23.6. The van der Waals surface area contributed by atoms with Crippen LogP contribution in [-0.2, 0) is 14.3 Å². The summed E-state index contributed by atoms with van der Waals surface area (Å²) in [4.78, 5) is 36.2.